The van der Waals surface area contributed by atoms with E-state index >= 15 is 0 Å². The summed E-state index contributed by atoms with van der Waals surface area (Å²) >= 11 is 0. The number of hydrogen-bond acceptors (Lipinski definition) is 7. The molecule has 0 bridgehead atoms. The lowest BCUT2D eigenvalue weighted by Gasteiger charge is -2.30. The first-order chi connectivity index (χ1) is 17.4. The Morgan fingerprint density at radius 3 is 2.33 bits per heavy atom. The maximum absolute atomic E-state index is 13.3. The summed E-state index contributed by atoms with van der Waals surface area (Å²) in [5.41, 5.74) is 3.84. The summed E-state index contributed by atoms with van der Waals surface area (Å²) < 4.78 is 41.5. The lowest BCUT2D eigenvalue weighted by molar-refractivity contribution is 0.0876. The Bertz CT molecular complexity index is 1340. The lowest BCUT2D eigenvalue weighted by Crippen LogP contribution is -2.32. The second-order valence-corrected chi connectivity index (χ2v) is 8.65. The molecule has 7 nitrogen and oxygen atoms in total. The van der Waals surface area contributed by atoms with Gasteiger partial charge >= 0.3 is 0 Å². The van der Waals surface area contributed by atoms with Gasteiger partial charge in [-0.25, -0.2) is 4.39 Å². The Kier molecular flexibility index (Phi) is 6.28. The zero-order chi connectivity index (χ0) is 25.4. The maximum Gasteiger partial charge on any atom is 0.231 e. The molecule has 5 rings (SSSR count). The number of benzene rings is 3. The van der Waals surface area contributed by atoms with Crippen molar-refractivity contribution < 1.29 is 32.9 Å². The minimum atomic E-state index is -0.265. The Labute approximate surface area is 208 Å². The van der Waals surface area contributed by atoms with Crippen LogP contribution >= 0.6 is 0 Å². The van der Waals surface area contributed by atoms with Crippen LogP contribution in [0.15, 0.2) is 48.2 Å². The molecular formula is C28H26FNO6. The van der Waals surface area contributed by atoms with Crippen LogP contribution in [0.3, 0.4) is 0 Å². The number of carbonyl (C=O) groups is 1. The number of rotatable bonds is 6. The Morgan fingerprint density at radius 2 is 1.69 bits per heavy atom. The fraction of sp³-hybridized carbons (Fsp3) is 0.250. The molecule has 0 saturated heterocycles. The molecule has 186 valence electrons. The van der Waals surface area contributed by atoms with Crippen LogP contribution in [-0.4, -0.2) is 38.7 Å². The van der Waals surface area contributed by atoms with Gasteiger partial charge in [-0.05, 0) is 54.5 Å². The van der Waals surface area contributed by atoms with Crippen LogP contribution in [0.25, 0.3) is 6.08 Å². The molecular weight excluding hydrogens is 465 g/mol. The Hall–Kier alpha value is -4.04. The molecule has 0 fully saturated rings. The average Bonchev–Trinajstić information content (AvgIpc) is 3.19. The number of halogens is 1. The fourth-order valence-electron chi connectivity index (χ4n) is 4.58. The van der Waals surface area contributed by atoms with E-state index in [2.05, 4.69) is 4.90 Å². The molecule has 3 aromatic rings. The molecule has 0 aromatic heterocycles. The number of nitrogens with zero attached hydrogens (tertiary/aromatic N) is 1. The summed E-state index contributed by atoms with van der Waals surface area (Å²) in [5.74, 6) is 2.39. The topological polar surface area (TPSA) is 66.5 Å². The van der Waals surface area contributed by atoms with Gasteiger partial charge < -0.3 is 23.7 Å². The first-order valence-electron chi connectivity index (χ1n) is 11.4. The van der Waals surface area contributed by atoms with Gasteiger partial charge in [-0.1, -0.05) is 12.1 Å². The van der Waals surface area contributed by atoms with E-state index in [1.165, 1.54) is 33.5 Å². The van der Waals surface area contributed by atoms with E-state index in [0.717, 1.165) is 22.4 Å². The van der Waals surface area contributed by atoms with Gasteiger partial charge in [-0.3, -0.25) is 9.69 Å². The van der Waals surface area contributed by atoms with Gasteiger partial charge in [0.2, 0.25) is 11.5 Å². The second kappa shape index (κ2) is 9.54. The van der Waals surface area contributed by atoms with Crippen LogP contribution < -0.4 is 23.7 Å². The minimum absolute atomic E-state index is 0.202. The van der Waals surface area contributed by atoms with E-state index in [1.807, 2.05) is 13.0 Å². The minimum Gasteiger partial charge on any atom is -0.493 e. The second-order valence-electron chi connectivity index (χ2n) is 8.65. The van der Waals surface area contributed by atoms with Crippen molar-refractivity contribution >= 4 is 11.9 Å². The third kappa shape index (κ3) is 4.24. The number of ether oxygens (including phenoxy) is 5. The van der Waals surface area contributed by atoms with E-state index in [4.69, 9.17) is 23.7 Å². The largest absolute Gasteiger partial charge is 0.493 e. The van der Waals surface area contributed by atoms with Gasteiger partial charge in [0.15, 0.2) is 17.3 Å². The fourth-order valence-corrected chi connectivity index (χ4v) is 4.58. The monoisotopic (exact) mass is 491 g/mol. The summed E-state index contributed by atoms with van der Waals surface area (Å²) in [6.07, 6.45) is 1.66. The van der Waals surface area contributed by atoms with Crippen molar-refractivity contribution in [1.29, 1.82) is 0 Å². The number of fused-ring (bicyclic) bond motifs is 2. The molecule has 8 heteroatoms. The van der Waals surface area contributed by atoms with Gasteiger partial charge in [0.25, 0.3) is 0 Å². The normalized spacial score (nSPS) is 15.7. The standard InChI is InChI=1S/C28H26FNO6/c1-16-26-19(14-30(15-35-26)13-17-5-7-20(29)8-6-17)12-21-25(31)22(36-27(16)21)9-18-10-23(32-2)28(34-4)24(11-18)33-3/h5-12H,13-15H2,1-4H3/b22-9-. The molecule has 0 N–H and O–H groups in total. The maximum atomic E-state index is 13.3. The van der Waals surface area contributed by atoms with Gasteiger partial charge in [0.1, 0.15) is 24.0 Å². The van der Waals surface area contributed by atoms with Crippen LogP contribution in [0.4, 0.5) is 4.39 Å². The number of hydrogen-bond donors (Lipinski definition) is 0. The van der Waals surface area contributed by atoms with Gasteiger partial charge in [-0.15, -0.1) is 0 Å². The van der Waals surface area contributed by atoms with Crippen molar-refractivity contribution in [3.63, 3.8) is 0 Å². The van der Waals surface area contributed by atoms with Crippen molar-refractivity contribution in [2.45, 2.75) is 20.0 Å². The van der Waals surface area contributed by atoms with E-state index in [0.29, 0.717) is 53.9 Å². The number of methoxy groups -OCH3 is 3. The Balaban J connectivity index is 1.43. The Morgan fingerprint density at radius 1 is 1.00 bits per heavy atom. The predicted octanol–water partition coefficient (Wildman–Crippen LogP) is 5.13. The van der Waals surface area contributed by atoms with E-state index in [1.54, 1.807) is 30.3 Å². The summed E-state index contributed by atoms with van der Waals surface area (Å²) in [5, 5.41) is 0. The molecule has 2 aliphatic heterocycles. The number of allylic oxidation sites excluding steroid dienone is 1. The predicted molar refractivity (Wildman–Crippen MR) is 131 cm³/mol. The van der Waals surface area contributed by atoms with Crippen LogP contribution in [0.5, 0.6) is 28.7 Å². The summed E-state index contributed by atoms with van der Waals surface area (Å²) in [7, 11) is 4.61. The SMILES string of the molecule is COc1cc(/C=C2\Oc3c(cc4c(c3C)OCN(Cc3ccc(F)cc3)C4)C2=O)cc(OC)c1OC. The van der Waals surface area contributed by atoms with Crippen LogP contribution in [0.1, 0.15) is 32.6 Å². The molecule has 2 aliphatic rings. The third-order valence-corrected chi connectivity index (χ3v) is 6.31. The van der Waals surface area contributed by atoms with Gasteiger partial charge in [0, 0.05) is 24.2 Å². The summed E-state index contributed by atoms with van der Waals surface area (Å²) in [6.45, 7) is 3.47. The van der Waals surface area contributed by atoms with Crippen molar-refractivity contribution in [2.24, 2.45) is 0 Å². The quantitative estimate of drug-likeness (QED) is 0.443. The number of Topliss-reactive ketones (excluding diaryl/α,β-unsaturated/α-hetero) is 1. The van der Waals surface area contributed by atoms with Crippen LogP contribution in [0.2, 0.25) is 0 Å². The van der Waals surface area contributed by atoms with E-state index in [9.17, 15) is 9.18 Å². The molecule has 0 aliphatic carbocycles. The first-order valence-corrected chi connectivity index (χ1v) is 11.4. The summed E-state index contributed by atoms with van der Waals surface area (Å²) in [6, 6.07) is 11.8. The molecule has 3 aromatic carbocycles. The van der Waals surface area contributed by atoms with E-state index in [-0.39, 0.29) is 17.4 Å². The zero-order valence-electron chi connectivity index (χ0n) is 20.5. The highest BCUT2D eigenvalue weighted by atomic mass is 19.1. The number of ketones is 1. The highest BCUT2D eigenvalue weighted by Crippen LogP contribution is 2.44. The smallest absolute Gasteiger partial charge is 0.231 e. The van der Waals surface area contributed by atoms with Crippen molar-refractivity contribution in [1.82, 2.24) is 4.90 Å². The van der Waals surface area contributed by atoms with Gasteiger partial charge in [-0.2, -0.15) is 0 Å². The molecule has 0 spiro atoms. The highest BCUT2D eigenvalue weighted by Gasteiger charge is 2.33. The van der Waals surface area contributed by atoms with Crippen molar-refractivity contribution in [3.8, 4) is 28.7 Å². The molecule has 0 amide bonds. The molecule has 36 heavy (non-hydrogen) atoms. The molecule has 2 heterocycles. The highest BCUT2D eigenvalue weighted by molar-refractivity contribution is 6.15. The number of carbonyl (C=O) groups excluding carboxylic acids is 1. The molecule has 0 saturated carbocycles. The molecule has 0 atom stereocenters. The first kappa shape index (κ1) is 23.7. The molecule has 0 radical (unpaired) electrons. The van der Waals surface area contributed by atoms with Crippen molar-refractivity contribution in [3.05, 3.63) is 81.9 Å². The van der Waals surface area contributed by atoms with Crippen LogP contribution in [-0.2, 0) is 13.1 Å². The molecule has 0 unspecified atom stereocenters. The average molecular weight is 492 g/mol. The third-order valence-electron chi connectivity index (χ3n) is 6.31. The lowest BCUT2D eigenvalue weighted by atomic mass is 9.99. The van der Waals surface area contributed by atoms with E-state index < -0.39 is 0 Å². The summed E-state index contributed by atoms with van der Waals surface area (Å²) in [4.78, 5) is 15.4. The van der Waals surface area contributed by atoms with Crippen LogP contribution in [0, 0.1) is 12.7 Å². The zero-order valence-corrected chi connectivity index (χ0v) is 20.5. The van der Waals surface area contributed by atoms with Crippen molar-refractivity contribution in [2.75, 3.05) is 28.1 Å². The van der Waals surface area contributed by atoms with Gasteiger partial charge in [0.05, 0.1) is 26.9 Å².